The van der Waals surface area contributed by atoms with E-state index in [0.29, 0.717) is 5.69 Å². The molecule has 0 bridgehead atoms. The Kier molecular flexibility index (Phi) is 6.48. The van der Waals surface area contributed by atoms with E-state index in [1.165, 1.54) is 18.2 Å². The summed E-state index contributed by atoms with van der Waals surface area (Å²) < 4.78 is 28.2. The van der Waals surface area contributed by atoms with Gasteiger partial charge in [0, 0.05) is 11.3 Å². The maximum Gasteiger partial charge on any atom is 0.263 e. The fraction of sp³-hybridized carbons (Fsp3) is 0.174. The fourth-order valence-corrected chi connectivity index (χ4v) is 4.56. The van der Waals surface area contributed by atoms with Crippen LogP contribution < -0.4 is 10.0 Å². The normalized spacial score (nSPS) is 12.3. The Bertz CT molecular complexity index is 1180. The van der Waals surface area contributed by atoms with Crippen LogP contribution in [-0.2, 0) is 10.0 Å². The summed E-state index contributed by atoms with van der Waals surface area (Å²) in [6.45, 7) is 5.73. The maximum absolute atomic E-state index is 12.9. The Morgan fingerprint density at radius 3 is 2.30 bits per heavy atom. The summed E-state index contributed by atoms with van der Waals surface area (Å²) >= 11 is 6.15. The molecule has 0 aromatic heterocycles. The predicted molar refractivity (Wildman–Crippen MR) is 120 cm³/mol. The zero-order chi connectivity index (χ0) is 21.9. The van der Waals surface area contributed by atoms with Gasteiger partial charge in [0.15, 0.2) is 0 Å². The van der Waals surface area contributed by atoms with Crippen LogP contribution in [0.15, 0.2) is 71.6 Å². The molecule has 0 spiro atoms. The lowest BCUT2D eigenvalue weighted by atomic mass is 10.1. The highest BCUT2D eigenvalue weighted by atomic mass is 35.5. The first-order valence-electron chi connectivity index (χ1n) is 9.42. The highest BCUT2D eigenvalue weighted by Crippen LogP contribution is 2.26. The average Bonchev–Trinajstić information content (AvgIpc) is 2.68. The Morgan fingerprint density at radius 1 is 0.933 bits per heavy atom. The van der Waals surface area contributed by atoms with E-state index in [1.54, 1.807) is 18.2 Å². The number of anilines is 1. The summed E-state index contributed by atoms with van der Waals surface area (Å²) in [4.78, 5) is 12.6. The number of nitrogens with one attached hydrogen (secondary N) is 2. The second kappa shape index (κ2) is 8.90. The molecule has 3 aromatic carbocycles. The molecule has 2 N–H and O–H groups in total. The van der Waals surface area contributed by atoms with Crippen molar-refractivity contribution in [2.75, 3.05) is 4.72 Å². The molecule has 0 saturated carbocycles. The van der Waals surface area contributed by atoms with Gasteiger partial charge < -0.3 is 5.32 Å². The topological polar surface area (TPSA) is 75.3 Å². The fourth-order valence-electron chi connectivity index (χ4n) is 2.99. The molecular weight excluding hydrogens is 420 g/mol. The van der Waals surface area contributed by atoms with Crippen molar-refractivity contribution in [2.24, 2.45) is 0 Å². The lowest BCUT2D eigenvalue weighted by molar-refractivity contribution is 0.0939. The molecule has 0 radical (unpaired) electrons. The lowest BCUT2D eigenvalue weighted by Crippen LogP contribution is -2.27. The van der Waals surface area contributed by atoms with E-state index in [9.17, 15) is 13.2 Å². The van der Waals surface area contributed by atoms with Gasteiger partial charge in [-0.15, -0.1) is 0 Å². The van der Waals surface area contributed by atoms with E-state index in [-0.39, 0.29) is 27.4 Å². The van der Waals surface area contributed by atoms with Crippen LogP contribution in [0.4, 0.5) is 5.69 Å². The first-order chi connectivity index (χ1) is 14.2. The third-order valence-electron chi connectivity index (χ3n) is 4.68. The third-order valence-corrected chi connectivity index (χ3v) is 6.54. The van der Waals surface area contributed by atoms with Gasteiger partial charge in [-0.3, -0.25) is 9.52 Å². The number of amides is 1. The molecule has 30 heavy (non-hydrogen) atoms. The van der Waals surface area contributed by atoms with Crippen molar-refractivity contribution in [1.29, 1.82) is 0 Å². The number of carbonyl (C=O) groups excluding carboxylic acids is 1. The van der Waals surface area contributed by atoms with Crippen LogP contribution in [0.3, 0.4) is 0 Å². The summed E-state index contributed by atoms with van der Waals surface area (Å²) in [6, 6.07) is 18.8. The van der Waals surface area contributed by atoms with Crippen LogP contribution >= 0.6 is 11.6 Å². The minimum Gasteiger partial charge on any atom is -0.346 e. The summed E-state index contributed by atoms with van der Waals surface area (Å²) in [5.74, 6) is -0.383. The van der Waals surface area contributed by atoms with Gasteiger partial charge in [-0.25, -0.2) is 8.42 Å². The molecule has 3 rings (SSSR count). The number of hydrogen-bond acceptors (Lipinski definition) is 3. The molecule has 5 nitrogen and oxygen atoms in total. The zero-order valence-corrected chi connectivity index (χ0v) is 18.5. The van der Waals surface area contributed by atoms with Crippen molar-refractivity contribution in [2.45, 2.75) is 31.7 Å². The van der Waals surface area contributed by atoms with Gasteiger partial charge in [-0.2, -0.15) is 0 Å². The van der Waals surface area contributed by atoms with E-state index < -0.39 is 10.0 Å². The predicted octanol–water partition coefficient (Wildman–Crippen LogP) is 5.25. The number of hydrogen-bond donors (Lipinski definition) is 2. The molecule has 0 heterocycles. The summed E-state index contributed by atoms with van der Waals surface area (Å²) in [5.41, 5.74) is 3.64. The van der Waals surface area contributed by atoms with Crippen molar-refractivity contribution in [3.05, 3.63) is 94.0 Å². The first kappa shape index (κ1) is 21.9. The SMILES string of the molecule is Cc1ccc(C(C)NC(=O)c2ccc(Cl)c(S(=O)(=O)Nc3cccc(C)c3)c2)cc1. The van der Waals surface area contributed by atoms with Crippen LogP contribution in [-0.4, -0.2) is 14.3 Å². The van der Waals surface area contributed by atoms with Crippen LogP contribution in [0.1, 0.15) is 40.0 Å². The molecule has 0 aliphatic heterocycles. The van der Waals surface area contributed by atoms with Gasteiger partial charge in [-0.05, 0) is 62.2 Å². The molecule has 0 aliphatic rings. The Balaban J connectivity index is 1.83. The van der Waals surface area contributed by atoms with Crippen molar-refractivity contribution >= 4 is 33.2 Å². The van der Waals surface area contributed by atoms with Crippen LogP contribution in [0.25, 0.3) is 0 Å². The van der Waals surface area contributed by atoms with Crippen molar-refractivity contribution < 1.29 is 13.2 Å². The van der Waals surface area contributed by atoms with Gasteiger partial charge >= 0.3 is 0 Å². The Morgan fingerprint density at radius 2 is 1.63 bits per heavy atom. The van der Waals surface area contributed by atoms with Gasteiger partial charge in [0.05, 0.1) is 11.1 Å². The van der Waals surface area contributed by atoms with Crippen molar-refractivity contribution in [1.82, 2.24) is 5.32 Å². The van der Waals surface area contributed by atoms with Crippen molar-refractivity contribution in [3.63, 3.8) is 0 Å². The molecule has 7 heteroatoms. The number of carbonyl (C=O) groups is 1. The minimum atomic E-state index is -3.96. The number of rotatable bonds is 6. The minimum absolute atomic E-state index is 0.0401. The quantitative estimate of drug-likeness (QED) is 0.547. The number of aryl methyl sites for hydroxylation is 2. The second-order valence-electron chi connectivity index (χ2n) is 7.23. The van der Waals surface area contributed by atoms with Crippen LogP contribution in [0, 0.1) is 13.8 Å². The highest BCUT2D eigenvalue weighted by Gasteiger charge is 2.21. The zero-order valence-electron chi connectivity index (χ0n) is 16.9. The lowest BCUT2D eigenvalue weighted by Gasteiger charge is -2.16. The summed E-state index contributed by atoms with van der Waals surface area (Å²) in [6.07, 6.45) is 0. The molecular formula is C23H23ClN2O3S. The molecule has 1 atom stereocenters. The van der Waals surface area contributed by atoms with Gasteiger partial charge in [0.1, 0.15) is 4.90 Å². The largest absolute Gasteiger partial charge is 0.346 e. The van der Waals surface area contributed by atoms with E-state index in [0.717, 1.165) is 16.7 Å². The standard InChI is InChI=1S/C23H23ClN2O3S/c1-15-7-9-18(10-8-15)17(3)25-23(27)19-11-12-21(24)22(14-19)30(28,29)26-20-6-4-5-16(2)13-20/h4-14,17,26H,1-3H3,(H,25,27). The van der Waals surface area contributed by atoms with E-state index in [4.69, 9.17) is 11.6 Å². The van der Waals surface area contributed by atoms with Gasteiger partial charge in [0.25, 0.3) is 15.9 Å². The molecule has 0 fully saturated rings. The van der Waals surface area contributed by atoms with Crippen molar-refractivity contribution in [3.8, 4) is 0 Å². The third kappa shape index (κ3) is 5.20. The smallest absolute Gasteiger partial charge is 0.263 e. The van der Waals surface area contributed by atoms with Crippen LogP contribution in [0.5, 0.6) is 0 Å². The highest BCUT2D eigenvalue weighted by molar-refractivity contribution is 7.92. The molecule has 156 valence electrons. The molecule has 0 saturated heterocycles. The Labute approximate surface area is 182 Å². The monoisotopic (exact) mass is 442 g/mol. The Hall–Kier alpha value is -2.83. The van der Waals surface area contributed by atoms with Gasteiger partial charge in [0.2, 0.25) is 0 Å². The van der Waals surface area contributed by atoms with Gasteiger partial charge in [-0.1, -0.05) is 53.6 Å². The second-order valence-corrected chi connectivity index (χ2v) is 9.28. The summed E-state index contributed by atoms with van der Waals surface area (Å²) in [5, 5.41) is 2.93. The van der Waals surface area contributed by atoms with Crippen LogP contribution in [0.2, 0.25) is 5.02 Å². The van der Waals surface area contributed by atoms with E-state index in [1.807, 2.05) is 51.1 Å². The number of benzene rings is 3. The van der Waals surface area contributed by atoms with E-state index >= 15 is 0 Å². The molecule has 1 amide bonds. The molecule has 3 aromatic rings. The number of halogens is 1. The molecule has 1 unspecified atom stereocenters. The summed E-state index contributed by atoms with van der Waals surface area (Å²) in [7, 11) is -3.96. The first-order valence-corrected chi connectivity index (χ1v) is 11.3. The maximum atomic E-state index is 12.9. The number of sulfonamides is 1. The van der Waals surface area contributed by atoms with E-state index in [2.05, 4.69) is 10.0 Å². The molecule has 0 aliphatic carbocycles. The average molecular weight is 443 g/mol.